The van der Waals surface area contributed by atoms with Gasteiger partial charge in [-0.25, -0.2) is 9.37 Å². The standard InChI is InChI=1S/C29H32FN5O5/c1-33(21-7-4-3-5-8-21)24-18-25-23(17-22(24)32-29(36)19-9-11-20(30)12-10-19)31-28(34(25)15-6-16-39-2)26-13-14-27(40-26)35(37)38/h9-14,17-18,21H,3-8,15-16H2,1-2H3,(H,32,36). The Morgan fingerprint density at radius 3 is 2.62 bits per heavy atom. The molecule has 1 fully saturated rings. The quantitative estimate of drug-likeness (QED) is 0.138. The van der Waals surface area contributed by atoms with Crippen molar-refractivity contribution in [2.45, 2.75) is 51.1 Å². The zero-order chi connectivity index (χ0) is 28.2. The highest BCUT2D eigenvalue weighted by atomic mass is 19.1. The van der Waals surface area contributed by atoms with Crippen molar-refractivity contribution in [3.05, 3.63) is 70.0 Å². The molecular weight excluding hydrogens is 517 g/mol. The molecule has 1 saturated carbocycles. The highest BCUT2D eigenvalue weighted by molar-refractivity contribution is 6.07. The van der Waals surface area contributed by atoms with E-state index in [1.54, 1.807) is 13.2 Å². The smallest absolute Gasteiger partial charge is 0.397 e. The number of furan rings is 1. The van der Waals surface area contributed by atoms with Gasteiger partial charge >= 0.3 is 5.88 Å². The monoisotopic (exact) mass is 549 g/mol. The molecule has 10 nitrogen and oxygen atoms in total. The fourth-order valence-corrected chi connectivity index (χ4v) is 5.34. The lowest BCUT2D eigenvalue weighted by atomic mass is 9.94. The summed E-state index contributed by atoms with van der Waals surface area (Å²) >= 11 is 0. The van der Waals surface area contributed by atoms with E-state index in [0.717, 1.165) is 36.9 Å². The number of benzene rings is 2. The van der Waals surface area contributed by atoms with Crippen molar-refractivity contribution in [3.63, 3.8) is 0 Å². The van der Waals surface area contributed by atoms with Crippen LogP contribution in [0.5, 0.6) is 0 Å². The summed E-state index contributed by atoms with van der Waals surface area (Å²) in [4.78, 5) is 30.9. The van der Waals surface area contributed by atoms with Gasteiger partial charge in [-0.2, -0.15) is 0 Å². The minimum Gasteiger partial charge on any atom is -0.397 e. The van der Waals surface area contributed by atoms with E-state index in [0.29, 0.717) is 48.2 Å². The summed E-state index contributed by atoms with van der Waals surface area (Å²) in [7, 11) is 3.67. The highest BCUT2D eigenvalue weighted by Gasteiger charge is 2.25. The topological polar surface area (TPSA) is 116 Å². The first-order chi connectivity index (χ1) is 19.4. The van der Waals surface area contributed by atoms with Crippen LogP contribution in [0.1, 0.15) is 48.9 Å². The van der Waals surface area contributed by atoms with Gasteiger partial charge in [-0.05, 0) is 61.7 Å². The molecule has 4 aromatic rings. The van der Waals surface area contributed by atoms with Gasteiger partial charge in [0.2, 0.25) is 0 Å². The van der Waals surface area contributed by atoms with Gasteiger partial charge in [-0.1, -0.05) is 19.3 Å². The summed E-state index contributed by atoms with van der Waals surface area (Å²) in [5.74, 6) is -0.415. The Hall–Kier alpha value is -4.25. The number of methoxy groups -OCH3 is 1. The number of imidazole rings is 1. The molecule has 2 heterocycles. The number of aryl methyl sites for hydroxylation is 1. The molecule has 0 saturated heterocycles. The Balaban J connectivity index is 1.62. The molecule has 0 bridgehead atoms. The second-order valence-corrected chi connectivity index (χ2v) is 10.1. The number of hydrogen-bond acceptors (Lipinski definition) is 7. The fourth-order valence-electron chi connectivity index (χ4n) is 5.34. The van der Waals surface area contributed by atoms with Gasteiger partial charge in [0.1, 0.15) is 10.7 Å². The van der Waals surface area contributed by atoms with E-state index in [1.165, 1.54) is 36.8 Å². The Kier molecular flexibility index (Phi) is 8.11. The molecule has 1 aliphatic carbocycles. The number of nitro groups is 1. The molecule has 1 amide bonds. The zero-order valence-corrected chi connectivity index (χ0v) is 22.6. The number of rotatable bonds is 10. The second-order valence-electron chi connectivity index (χ2n) is 10.1. The molecule has 0 spiro atoms. The SMILES string of the molecule is COCCCn1c(-c2ccc([N+](=O)[O-])o2)nc2cc(NC(=O)c3ccc(F)cc3)c(N(C)C3CCCCC3)cc21. The number of nitrogens with zero attached hydrogens (tertiary/aromatic N) is 4. The molecule has 11 heteroatoms. The molecule has 5 rings (SSSR count). The Morgan fingerprint density at radius 2 is 1.95 bits per heavy atom. The molecule has 1 N–H and O–H groups in total. The molecule has 2 aromatic heterocycles. The van der Waals surface area contributed by atoms with Crippen molar-refractivity contribution in [2.75, 3.05) is 31.0 Å². The van der Waals surface area contributed by atoms with Crippen LogP contribution < -0.4 is 10.2 Å². The van der Waals surface area contributed by atoms with Gasteiger partial charge in [0.05, 0.1) is 28.5 Å². The summed E-state index contributed by atoms with van der Waals surface area (Å²) in [5, 5.41) is 14.3. The van der Waals surface area contributed by atoms with E-state index in [-0.39, 0.29) is 17.6 Å². The van der Waals surface area contributed by atoms with Crippen molar-refractivity contribution >= 4 is 34.2 Å². The van der Waals surface area contributed by atoms with Gasteiger partial charge in [0.15, 0.2) is 11.6 Å². The van der Waals surface area contributed by atoms with Crippen molar-refractivity contribution in [3.8, 4) is 11.6 Å². The number of carbonyl (C=O) groups is 1. The molecule has 0 aliphatic heterocycles. The first kappa shape index (κ1) is 27.3. The van der Waals surface area contributed by atoms with Gasteiger partial charge in [-0.15, -0.1) is 0 Å². The van der Waals surface area contributed by atoms with Gasteiger partial charge in [0, 0.05) is 38.9 Å². The van der Waals surface area contributed by atoms with Crippen molar-refractivity contribution in [2.24, 2.45) is 0 Å². The largest absolute Gasteiger partial charge is 0.433 e. The summed E-state index contributed by atoms with van der Waals surface area (Å²) in [6, 6.07) is 12.4. The minimum atomic E-state index is -0.582. The first-order valence-electron chi connectivity index (χ1n) is 13.4. The van der Waals surface area contributed by atoms with Crippen molar-refractivity contribution in [1.82, 2.24) is 9.55 Å². The highest BCUT2D eigenvalue weighted by Crippen LogP contribution is 2.37. The molecule has 40 heavy (non-hydrogen) atoms. The number of carbonyl (C=O) groups excluding carboxylic acids is 1. The number of nitrogens with one attached hydrogen (secondary N) is 1. The average molecular weight is 550 g/mol. The molecular formula is C29H32FN5O5. The fraction of sp³-hybridized carbons (Fsp3) is 0.379. The van der Waals surface area contributed by atoms with Crippen LogP contribution in [-0.4, -0.2) is 47.2 Å². The lowest BCUT2D eigenvalue weighted by Crippen LogP contribution is -2.34. The molecule has 210 valence electrons. The minimum absolute atomic E-state index is 0.277. The normalized spacial score (nSPS) is 14.0. The lowest BCUT2D eigenvalue weighted by molar-refractivity contribution is -0.401. The van der Waals surface area contributed by atoms with Crippen LogP contribution in [0.2, 0.25) is 0 Å². The van der Waals surface area contributed by atoms with Crippen LogP contribution >= 0.6 is 0 Å². The third-order valence-corrected chi connectivity index (χ3v) is 7.45. The summed E-state index contributed by atoms with van der Waals surface area (Å²) in [5.41, 5.74) is 3.15. The second kappa shape index (κ2) is 11.9. The summed E-state index contributed by atoms with van der Waals surface area (Å²) in [6.45, 7) is 1.07. The van der Waals surface area contributed by atoms with Gasteiger partial charge < -0.3 is 23.9 Å². The number of ether oxygens (including phenoxy) is 1. The number of halogens is 1. The van der Waals surface area contributed by atoms with E-state index in [9.17, 15) is 19.3 Å². The lowest BCUT2D eigenvalue weighted by Gasteiger charge is -2.34. The molecule has 1 aliphatic rings. The number of hydrogen-bond donors (Lipinski definition) is 1. The maximum atomic E-state index is 13.5. The number of anilines is 2. The van der Waals surface area contributed by atoms with E-state index >= 15 is 0 Å². The maximum absolute atomic E-state index is 13.5. The molecule has 0 unspecified atom stereocenters. The third-order valence-electron chi connectivity index (χ3n) is 7.45. The number of aromatic nitrogens is 2. The summed E-state index contributed by atoms with van der Waals surface area (Å²) in [6.07, 6.45) is 6.29. The number of amides is 1. The predicted molar refractivity (Wildman–Crippen MR) is 150 cm³/mol. The van der Waals surface area contributed by atoms with E-state index in [2.05, 4.69) is 10.2 Å². The number of fused-ring (bicyclic) bond motifs is 1. The van der Waals surface area contributed by atoms with Crippen molar-refractivity contribution < 1.29 is 23.3 Å². The van der Waals surface area contributed by atoms with Gasteiger partial charge in [0.25, 0.3) is 5.91 Å². The molecule has 0 atom stereocenters. The maximum Gasteiger partial charge on any atom is 0.433 e. The Bertz CT molecular complexity index is 1510. The van der Waals surface area contributed by atoms with Crippen LogP contribution in [-0.2, 0) is 11.3 Å². The van der Waals surface area contributed by atoms with Crippen LogP contribution in [0.15, 0.2) is 52.9 Å². The van der Waals surface area contributed by atoms with Crippen LogP contribution in [0.25, 0.3) is 22.6 Å². The van der Waals surface area contributed by atoms with Crippen LogP contribution in [0, 0.1) is 15.9 Å². The van der Waals surface area contributed by atoms with E-state index < -0.39 is 10.7 Å². The van der Waals surface area contributed by atoms with Crippen molar-refractivity contribution in [1.29, 1.82) is 0 Å². The zero-order valence-electron chi connectivity index (χ0n) is 22.6. The Morgan fingerprint density at radius 1 is 1.20 bits per heavy atom. The Labute approximate surface area is 230 Å². The van der Waals surface area contributed by atoms with E-state index in [4.69, 9.17) is 14.1 Å². The predicted octanol–water partition coefficient (Wildman–Crippen LogP) is 6.40. The summed E-state index contributed by atoms with van der Waals surface area (Å²) < 4.78 is 26.2. The van der Waals surface area contributed by atoms with Crippen LogP contribution in [0.3, 0.4) is 0 Å². The molecule has 2 aromatic carbocycles. The molecule has 0 radical (unpaired) electrons. The first-order valence-corrected chi connectivity index (χ1v) is 13.4. The third kappa shape index (κ3) is 5.69. The van der Waals surface area contributed by atoms with Crippen LogP contribution in [0.4, 0.5) is 21.6 Å². The van der Waals surface area contributed by atoms with E-state index in [1.807, 2.05) is 23.7 Å². The van der Waals surface area contributed by atoms with Gasteiger partial charge in [-0.3, -0.25) is 14.9 Å². The average Bonchev–Trinajstić information content (AvgIpc) is 3.58.